The third-order valence-electron chi connectivity index (χ3n) is 3.97. The van der Waals surface area contributed by atoms with E-state index in [4.69, 9.17) is 25.8 Å². The molecule has 2 aromatic carbocycles. The van der Waals surface area contributed by atoms with Gasteiger partial charge in [0.05, 0.1) is 32.6 Å². The number of fused-ring (bicyclic) bond motifs is 1. The molecule has 3 rings (SSSR count). The SMILES string of the molecule is COc1cc(OC)c(C(=O)N2CCSc3ccc(Cl)cc32)cc1OC. The number of anilines is 1. The standard InChI is InChI=1S/C18H18ClNO4S/c1-22-14-10-16(24-3)15(23-2)9-12(14)18(21)20-6-7-25-17-5-4-11(19)8-13(17)20/h4-5,8-10H,6-7H2,1-3H3. The maximum Gasteiger partial charge on any atom is 0.262 e. The second-order valence-corrected chi connectivity index (χ2v) is 6.90. The van der Waals surface area contributed by atoms with Gasteiger partial charge in [0.2, 0.25) is 0 Å². The van der Waals surface area contributed by atoms with Crippen molar-refractivity contribution in [1.29, 1.82) is 0 Å². The molecule has 0 bridgehead atoms. The van der Waals surface area contributed by atoms with Crippen LogP contribution in [0.25, 0.3) is 0 Å². The number of ether oxygens (including phenoxy) is 3. The van der Waals surface area contributed by atoms with Crippen LogP contribution in [0.2, 0.25) is 5.02 Å². The van der Waals surface area contributed by atoms with Gasteiger partial charge >= 0.3 is 0 Å². The van der Waals surface area contributed by atoms with Gasteiger partial charge in [0, 0.05) is 34.3 Å². The molecule has 2 aromatic rings. The van der Waals surface area contributed by atoms with Crippen LogP contribution in [-0.2, 0) is 0 Å². The van der Waals surface area contributed by atoms with Crippen molar-refractivity contribution in [3.05, 3.63) is 40.9 Å². The van der Waals surface area contributed by atoms with Gasteiger partial charge in [-0.1, -0.05) is 11.6 Å². The number of hydrogen-bond acceptors (Lipinski definition) is 5. The Labute approximate surface area is 155 Å². The second-order valence-electron chi connectivity index (χ2n) is 5.32. The van der Waals surface area contributed by atoms with Crippen molar-refractivity contribution in [2.75, 3.05) is 38.5 Å². The number of carbonyl (C=O) groups excluding carboxylic acids is 1. The molecule has 0 unspecified atom stereocenters. The van der Waals surface area contributed by atoms with E-state index in [2.05, 4.69) is 0 Å². The molecule has 25 heavy (non-hydrogen) atoms. The lowest BCUT2D eigenvalue weighted by atomic mass is 10.1. The van der Waals surface area contributed by atoms with Crippen LogP contribution in [0.15, 0.2) is 35.2 Å². The van der Waals surface area contributed by atoms with Crippen molar-refractivity contribution in [2.24, 2.45) is 0 Å². The Morgan fingerprint density at radius 1 is 1.04 bits per heavy atom. The molecule has 1 amide bonds. The smallest absolute Gasteiger partial charge is 0.262 e. The molecular weight excluding hydrogens is 362 g/mol. The average molecular weight is 380 g/mol. The van der Waals surface area contributed by atoms with Crippen molar-refractivity contribution >= 4 is 35.0 Å². The van der Waals surface area contributed by atoms with Crippen LogP contribution >= 0.6 is 23.4 Å². The minimum Gasteiger partial charge on any atom is -0.496 e. The van der Waals surface area contributed by atoms with Gasteiger partial charge in [-0.3, -0.25) is 4.79 Å². The van der Waals surface area contributed by atoms with E-state index < -0.39 is 0 Å². The van der Waals surface area contributed by atoms with Crippen LogP contribution in [-0.4, -0.2) is 39.5 Å². The summed E-state index contributed by atoms with van der Waals surface area (Å²) in [5.74, 6) is 2.07. The van der Waals surface area contributed by atoms with E-state index in [1.165, 1.54) is 14.2 Å². The van der Waals surface area contributed by atoms with Crippen molar-refractivity contribution < 1.29 is 19.0 Å². The van der Waals surface area contributed by atoms with Crippen molar-refractivity contribution in [2.45, 2.75) is 4.90 Å². The van der Waals surface area contributed by atoms with E-state index in [9.17, 15) is 4.79 Å². The summed E-state index contributed by atoms with van der Waals surface area (Å²) in [5.41, 5.74) is 1.23. The zero-order valence-corrected chi connectivity index (χ0v) is 15.7. The highest BCUT2D eigenvalue weighted by atomic mass is 35.5. The Kier molecular flexibility index (Phi) is 5.30. The fraction of sp³-hybridized carbons (Fsp3) is 0.278. The van der Waals surface area contributed by atoms with Crippen molar-refractivity contribution in [1.82, 2.24) is 0 Å². The minimum atomic E-state index is -0.165. The monoisotopic (exact) mass is 379 g/mol. The number of hydrogen-bond donors (Lipinski definition) is 0. The Hall–Kier alpha value is -2.05. The Balaban J connectivity index is 2.06. The molecule has 0 radical (unpaired) electrons. The van der Waals surface area contributed by atoms with E-state index in [0.717, 1.165) is 16.3 Å². The predicted molar refractivity (Wildman–Crippen MR) is 100.0 cm³/mol. The van der Waals surface area contributed by atoms with Gasteiger partial charge in [-0.2, -0.15) is 0 Å². The zero-order chi connectivity index (χ0) is 18.0. The van der Waals surface area contributed by atoms with Crippen LogP contribution in [0.4, 0.5) is 5.69 Å². The zero-order valence-electron chi connectivity index (χ0n) is 14.2. The molecule has 5 nitrogen and oxygen atoms in total. The van der Waals surface area contributed by atoms with E-state index in [1.54, 1.807) is 35.9 Å². The Morgan fingerprint density at radius 3 is 2.40 bits per heavy atom. The molecule has 0 atom stereocenters. The van der Waals surface area contributed by atoms with Gasteiger partial charge in [0.15, 0.2) is 11.5 Å². The van der Waals surface area contributed by atoms with E-state index in [1.807, 2.05) is 18.2 Å². The van der Waals surface area contributed by atoms with Gasteiger partial charge in [-0.15, -0.1) is 11.8 Å². The normalized spacial score (nSPS) is 13.2. The highest BCUT2D eigenvalue weighted by Gasteiger charge is 2.27. The molecule has 0 fully saturated rings. The quantitative estimate of drug-likeness (QED) is 0.799. The lowest BCUT2D eigenvalue weighted by Crippen LogP contribution is -2.35. The molecule has 0 aliphatic carbocycles. The largest absolute Gasteiger partial charge is 0.496 e. The summed E-state index contributed by atoms with van der Waals surface area (Å²) < 4.78 is 16.0. The average Bonchev–Trinajstić information content (AvgIpc) is 2.65. The number of halogens is 1. The molecule has 7 heteroatoms. The first-order chi connectivity index (χ1) is 12.1. The Morgan fingerprint density at radius 2 is 1.72 bits per heavy atom. The highest BCUT2D eigenvalue weighted by molar-refractivity contribution is 7.99. The molecule has 1 heterocycles. The van der Waals surface area contributed by atoms with Crippen LogP contribution < -0.4 is 19.1 Å². The summed E-state index contributed by atoms with van der Waals surface area (Å²) in [7, 11) is 4.60. The van der Waals surface area contributed by atoms with Crippen LogP contribution in [0.3, 0.4) is 0 Å². The first kappa shape index (κ1) is 17.8. The Bertz CT molecular complexity index is 812. The number of rotatable bonds is 4. The molecule has 0 saturated carbocycles. The number of carbonyl (C=O) groups is 1. The van der Waals surface area contributed by atoms with E-state index >= 15 is 0 Å². The molecule has 0 N–H and O–H groups in total. The minimum absolute atomic E-state index is 0.165. The predicted octanol–water partition coefficient (Wildman–Crippen LogP) is 4.12. The van der Waals surface area contributed by atoms with Gasteiger partial charge < -0.3 is 19.1 Å². The van der Waals surface area contributed by atoms with Crippen LogP contribution in [0.1, 0.15) is 10.4 Å². The van der Waals surface area contributed by atoms with E-state index in [0.29, 0.717) is 34.4 Å². The van der Waals surface area contributed by atoms with Gasteiger partial charge in [0.25, 0.3) is 5.91 Å². The van der Waals surface area contributed by atoms with Crippen molar-refractivity contribution in [3.63, 3.8) is 0 Å². The van der Waals surface area contributed by atoms with E-state index in [-0.39, 0.29) is 5.91 Å². The number of amides is 1. The number of nitrogens with zero attached hydrogens (tertiary/aromatic N) is 1. The molecule has 132 valence electrons. The molecule has 0 saturated heterocycles. The van der Waals surface area contributed by atoms with Gasteiger partial charge in [-0.05, 0) is 18.2 Å². The summed E-state index contributed by atoms with van der Waals surface area (Å²) in [6.07, 6.45) is 0. The van der Waals surface area contributed by atoms with Crippen LogP contribution in [0.5, 0.6) is 17.2 Å². The van der Waals surface area contributed by atoms with Gasteiger partial charge in [0.1, 0.15) is 5.75 Å². The van der Waals surface area contributed by atoms with Crippen LogP contribution in [0, 0.1) is 0 Å². The fourth-order valence-electron chi connectivity index (χ4n) is 2.74. The number of methoxy groups -OCH3 is 3. The lowest BCUT2D eigenvalue weighted by molar-refractivity contribution is 0.0984. The summed E-state index contributed by atoms with van der Waals surface area (Å²) in [5, 5.41) is 0.596. The third kappa shape index (κ3) is 3.37. The second kappa shape index (κ2) is 7.45. The maximum atomic E-state index is 13.2. The van der Waals surface area contributed by atoms with Gasteiger partial charge in [-0.25, -0.2) is 0 Å². The molecule has 0 aromatic heterocycles. The molecule has 0 spiro atoms. The molecule has 1 aliphatic rings. The fourth-order valence-corrected chi connectivity index (χ4v) is 3.88. The topological polar surface area (TPSA) is 48.0 Å². The summed E-state index contributed by atoms with van der Waals surface area (Å²) in [6, 6.07) is 8.88. The number of thioether (sulfide) groups is 1. The summed E-state index contributed by atoms with van der Waals surface area (Å²) >= 11 is 7.84. The summed E-state index contributed by atoms with van der Waals surface area (Å²) in [6.45, 7) is 0.592. The molecule has 1 aliphatic heterocycles. The lowest BCUT2D eigenvalue weighted by Gasteiger charge is -2.29. The first-order valence-corrected chi connectivity index (χ1v) is 8.99. The van der Waals surface area contributed by atoms with Crippen molar-refractivity contribution in [3.8, 4) is 17.2 Å². The molecular formula is C18H18ClNO4S. The first-order valence-electron chi connectivity index (χ1n) is 7.63. The third-order valence-corrected chi connectivity index (χ3v) is 5.24. The maximum absolute atomic E-state index is 13.2. The summed E-state index contributed by atoms with van der Waals surface area (Å²) in [4.78, 5) is 16.0. The highest BCUT2D eigenvalue weighted by Crippen LogP contribution is 2.40. The number of benzene rings is 2.